The van der Waals surface area contributed by atoms with Gasteiger partial charge in [-0.1, -0.05) is 0 Å². The van der Waals surface area contributed by atoms with Crippen LogP contribution in [0.1, 0.15) is 29.8 Å². The van der Waals surface area contributed by atoms with Gasteiger partial charge in [-0.15, -0.1) is 0 Å². The third kappa shape index (κ3) is 2.25. The fraction of sp³-hybridized carbons (Fsp3) is 0.500. The quantitative estimate of drug-likeness (QED) is 0.883. The van der Waals surface area contributed by atoms with Crippen LogP contribution in [0.4, 0.5) is 4.39 Å². The number of aromatic amines is 1. The lowest BCUT2D eigenvalue weighted by molar-refractivity contribution is 0.0440. The fourth-order valence-corrected chi connectivity index (χ4v) is 3.86. The third-order valence-corrected chi connectivity index (χ3v) is 5.03. The number of benzene rings is 1. The second-order valence-corrected chi connectivity index (χ2v) is 6.29. The first-order valence-corrected chi connectivity index (χ1v) is 7.60. The molecule has 5 heteroatoms. The number of nitrogens with one attached hydrogen (secondary N) is 1. The highest BCUT2D eigenvalue weighted by molar-refractivity contribution is 6.05. The van der Waals surface area contributed by atoms with Gasteiger partial charge in [-0.25, -0.2) is 4.39 Å². The molecule has 3 saturated heterocycles. The van der Waals surface area contributed by atoms with Crippen LogP contribution in [0.5, 0.6) is 0 Å². The van der Waals surface area contributed by atoms with Gasteiger partial charge >= 0.3 is 0 Å². The zero-order chi connectivity index (χ0) is 14.4. The predicted molar refractivity (Wildman–Crippen MR) is 77.7 cm³/mol. The van der Waals surface area contributed by atoms with E-state index in [2.05, 4.69) is 15.1 Å². The minimum atomic E-state index is -0.317. The molecule has 5 rings (SSSR count). The SMILES string of the molecule is O=C(C[C@H]1CN2CCC1CC2)c1n[nH]c2cc(F)ccc12. The predicted octanol–water partition coefficient (Wildman–Crippen LogP) is 2.62. The van der Waals surface area contributed by atoms with E-state index >= 15 is 0 Å². The highest BCUT2D eigenvalue weighted by Crippen LogP contribution is 2.35. The summed E-state index contributed by atoms with van der Waals surface area (Å²) in [6.07, 6.45) is 2.98. The first-order chi connectivity index (χ1) is 10.2. The lowest BCUT2D eigenvalue weighted by Gasteiger charge is -2.44. The zero-order valence-electron chi connectivity index (χ0n) is 11.8. The number of aromatic nitrogens is 2. The molecule has 110 valence electrons. The highest BCUT2D eigenvalue weighted by atomic mass is 19.1. The van der Waals surface area contributed by atoms with Gasteiger partial charge in [-0.3, -0.25) is 9.89 Å². The van der Waals surface area contributed by atoms with Crippen molar-refractivity contribution in [2.24, 2.45) is 11.8 Å². The Hall–Kier alpha value is -1.75. The van der Waals surface area contributed by atoms with E-state index in [1.807, 2.05) is 0 Å². The van der Waals surface area contributed by atoms with Crippen LogP contribution >= 0.6 is 0 Å². The summed E-state index contributed by atoms with van der Waals surface area (Å²) in [5.74, 6) is 0.892. The van der Waals surface area contributed by atoms with Crippen LogP contribution in [0.3, 0.4) is 0 Å². The lowest BCUT2D eigenvalue weighted by Crippen LogP contribution is -2.47. The first-order valence-electron chi connectivity index (χ1n) is 7.60. The van der Waals surface area contributed by atoms with Gasteiger partial charge in [-0.05, 0) is 56.0 Å². The molecule has 0 amide bonds. The van der Waals surface area contributed by atoms with E-state index in [4.69, 9.17) is 0 Å². The average molecular weight is 287 g/mol. The number of halogens is 1. The van der Waals surface area contributed by atoms with Crippen molar-refractivity contribution in [2.75, 3.05) is 19.6 Å². The molecule has 0 radical (unpaired) electrons. The van der Waals surface area contributed by atoms with Gasteiger partial charge in [0.05, 0.1) is 5.52 Å². The maximum absolute atomic E-state index is 13.2. The number of piperidine rings is 3. The maximum atomic E-state index is 13.2. The molecule has 0 unspecified atom stereocenters. The molecule has 3 aliphatic heterocycles. The molecule has 2 bridgehead atoms. The van der Waals surface area contributed by atoms with Gasteiger partial charge in [0.15, 0.2) is 5.78 Å². The zero-order valence-corrected chi connectivity index (χ0v) is 11.8. The average Bonchev–Trinajstić information content (AvgIpc) is 2.91. The topological polar surface area (TPSA) is 49.0 Å². The normalized spacial score (nSPS) is 28.1. The summed E-state index contributed by atoms with van der Waals surface area (Å²) >= 11 is 0. The number of Topliss-reactive ketones (excluding diaryl/α,β-unsaturated/α-hetero) is 1. The number of fused-ring (bicyclic) bond motifs is 4. The largest absolute Gasteiger partial charge is 0.303 e. The first kappa shape index (κ1) is 13.0. The van der Waals surface area contributed by atoms with Crippen molar-refractivity contribution >= 4 is 16.7 Å². The number of carbonyl (C=O) groups is 1. The van der Waals surface area contributed by atoms with E-state index in [0.29, 0.717) is 29.5 Å². The molecule has 0 spiro atoms. The second-order valence-electron chi connectivity index (χ2n) is 6.29. The van der Waals surface area contributed by atoms with Crippen LogP contribution in [0.2, 0.25) is 0 Å². The summed E-state index contributed by atoms with van der Waals surface area (Å²) in [7, 11) is 0. The van der Waals surface area contributed by atoms with Crippen LogP contribution in [0.15, 0.2) is 18.2 Å². The Morgan fingerprint density at radius 3 is 2.90 bits per heavy atom. The Labute approximate surface area is 122 Å². The summed E-state index contributed by atoms with van der Waals surface area (Å²) in [5.41, 5.74) is 1.05. The number of hydrogen-bond donors (Lipinski definition) is 1. The van der Waals surface area contributed by atoms with Crippen LogP contribution in [0, 0.1) is 17.7 Å². The van der Waals surface area contributed by atoms with Crippen molar-refractivity contribution in [2.45, 2.75) is 19.3 Å². The van der Waals surface area contributed by atoms with Gasteiger partial charge in [0.2, 0.25) is 0 Å². The van der Waals surface area contributed by atoms with E-state index in [1.54, 1.807) is 6.07 Å². The molecule has 2 aromatic rings. The summed E-state index contributed by atoms with van der Waals surface area (Å²) in [4.78, 5) is 15.0. The molecular formula is C16H18FN3O. The van der Waals surface area contributed by atoms with Crippen molar-refractivity contribution in [1.82, 2.24) is 15.1 Å². The van der Waals surface area contributed by atoms with Crippen LogP contribution in [0.25, 0.3) is 10.9 Å². The highest BCUT2D eigenvalue weighted by Gasteiger charge is 2.35. The van der Waals surface area contributed by atoms with Gasteiger partial charge < -0.3 is 4.90 Å². The fourth-order valence-electron chi connectivity index (χ4n) is 3.86. The number of hydrogen-bond acceptors (Lipinski definition) is 3. The molecule has 21 heavy (non-hydrogen) atoms. The van der Waals surface area contributed by atoms with Gasteiger partial charge in [-0.2, -0.15) is 5.10 Å². The Morgan fingerprint density at radius 1 is 1.38 bits per heavy atom. The minimum absolute atomic E-state index is 0.0756. The third-order valence-electron chi connectivity index (χ3n) is 5.03. The van der Waals surface area contributed by atoms with Gasteiger partial charge in [0, 0.05) is 18.4 Å². The molecule has 3 fully saturated rings. The van der Waals surface area contributed by atoms with E-state index < -0.39 is 0 Å². The Bertz CT molecular complexity index is 688. The van der Waals surface area contributed by atoms with Crippen LogP contribution in [-0.4, -0.2) is 40.5 Å². The van der Waals surface area contributed by atoms with Crippen molar-refractivity contribution < 1.29 is 9.18 Å². The molecule has 1 atom stereocenters. The summed E-state index contributed by atoms with van der Waals surface area (Å²) in [6, 6.07) is 4.40. The number of carbonyl (C=O) groups excluding carboxylic acids is 1. The molecule has 0 aliphatic carbocycles. The lowest BCUT2D eigenvalue weighted by atomic mass is 9.76. The monoisotopic (exact) mass is 287 g/mol. The Kier molecular flexibility index (Phi) is 3.03. The van der Waals surface area contributed by atoms with Gasteiger partial charge in [0.25, 0.3) is 0 Å². The number of ketones is 1. The standard InChI is InChI=1S/C16H18FN3O/c17-12-1-2-13-14(8-12)18-19-16(13)15(21)7-11-9-20-5-3-10(11)4-6-20/h1-2,8,10-11H,3-7,9H2,(H,18,19)/t11-/m0/s1. The molecule has 4 nitrogen and oxygen atoms in total. The summed E-state index contributed by atoms with van der Waals surface area (Å²) in [5, 5.41) is 7.59. The number of nitrogens with zero attached hydrogens (tertiary/aromatic N) is 2. The van der Waals surface area contributed by atoms with E-state index in [1.165, 1.54) is 38.1 Å². The minimum Gasteiger partial charge on any atom is -0.303 e. The van der Waals surface area contributed by atoms with Crippen molar-refractivity contribution in [3.8, 4) is 0 Å². The molecule has 0 saturated carbocycles. The van der Waals surface area contributed by atoms with Crippen LogP contribution in [-0.2, 0) is 0 Å². The molecule has 1 aromatic heterocycles. The van der Waals surface area contributed by atoms with E-state index in [0.717, 1.165) is 11.9 Å². The molecule has 4 heterocycles. The second kappa shape index (κ2) is 4.91. The van der Waals surface area contributed by atoms with Crippen molar-refractivity contribution in [1.29, 1.82) is 0 Å². The Balaban J connectivity index is 1.56. The summed E-state index contributed by atoms with van der Waals surface area (Å²) in [6.45, 7) is 3.40. The molecule has 1 aromatic carbocycles. The molecule has 1 N–H and O–H groups in total. The van der Waals surface area contributed by atoms with Gasteiger partial charge in [0.1, 0.15) is 11.5 Å². The Morgan fingerprint density at radius 2 is 2.19 bits per heavy atom. The van der Waals surface area contributed by atoms with E-state index in [-0.39, 0.29) is 11.6 Å². The smallest absolute Gasteiger partial charge is 0.184 e. The molecular weight excluding hydrogens is 269 g/mol. The molecule has 3 aliphatic rings. The van der Waals surface area contributed by atoms with E-state index in [9.17, 15) is 9.18 Å². The maximum Gasteiger partial charge on any atom is 0.184 e. The van der Waals surface area contributed by atoms with Crippen molar-refractivity contribution in [3.63, 3.8) is 0 Å². The summed E-state index contributed by atoms with van der Waals surface area (Å²) < 4.78 is 13.2. The number of rotatable bonds is 3. The van der Waals surface area contributed by atoms with Crippen LogP contribution < -0.4 is 0 Å². The number of H-pyrrole nitrogens is 1. The van der Waals surface area contributed by atoms with Crippen molar-refractivity contribution in [3.05, 3.63) is 29.7 Å².